The van der Waals surface area contributed by atoms with Crippen LogP contribution in [-0.2, 0) is 4.79 Å². The zero-order valence-corrected chi connectivity index (χ0v) is 12.8. The molecular weight excluding hydrogens is 278 g/mol. The average molecular weight is 299 g/mol. The molecule has 2 amide bonds. The second-order valence-electron chi connectivity index (χ2n) is 6.76. The van der Waals surface area contributed by atoms with E-state index in [4.69, 9.17) is 0 Å². The van der Waals surface area contributed by atoms with Gasteiger partial charge in [0.05, 0.1) is 11.3 Å². The monoisotopic (exact) mass is 299 g/mol. The number of likely N-dealkylation sites (tertiary alicyclic amines) is 1. The molecule has 0 radical (unpaired) electrons. The number of carbonyl (C=O) groups excluding carboxylic acids is 2. The van der Waals surface area contributed by atoms with E-state index in [2.05, 4.69) is 10.6 Å². The largest absolute Gasteiger partial charge is 0.362 e. The molecule has 0 unspecified atom stereocenters. The van der Waals surface area contributed by atoms with Crippen LogP contribution in [0.2, 0.25) is 0 Å². The molecule has 5 heteroatoms. The number of fused-ring (bicyclic) bond motifs is 1. The Balaban J connectivity index is 1.53. The summed E-state index contributed by atoms with van der Waals surface area (Å²) >= 11 is 0. The molecule has 22 heavy (non-hydrogen) atoms. The molecule has 1 spiro atoms. The molecule has 0 aromatic heterocycles. The zero-order valence-electron chi connectivity index (χ0n) is 12.8. The van der Waals surface area contributed by atoms with Crippen LogP contribution in [0.15, 0.2) is 18.2 Å². The van der Waals surface area contributed by atoms with Gasteiger partial charge in [0.25, 0.3) is 5.91 Å². The number of hydrogen-bond donors (Lipinski definition) is 2. The summed E-state index contributed by atoms with van der Waals surface area (Å²) in [5.41, 5.74) is 2.33. The van der Waals surface area contributed by atoms with E-state index in [1.165, 1.54) is 0 Å². The quantitative estimate of drug-likeness (QED) is 0.832. The van der Waals surface area contributed by atoms with E-state index < -0.39 is 5.66 Å². The van der Waals surface area contributed by atoms with Gasteiger partial charge in [0, 0.05) is 31.8 Å². The molecule has 1 saturated carbocycles. The van der Waals surface area contributed by atoms with Crippen LogP contribution in [0, 0.1) is 12.8 Å². The van der Waals surface area contributed by atoms with Gasteiger partial charge >= 0.3 is 0 Å². The Morgan fingerprint density at radius 2 is 1.95 bits per heavy atom. The minimum atomic E-state index is -0.406. The van der Waals surface area contributed by atoms with Crippen molar-refractivity contribution in [3.63, 3.8) is 0 Å². The summed E-state index contributed by atoms with van der Waals surface area (Å²) in [6.45, 7) is 3.44. The van der Waals surface area contributed by atoms with Crippen LogP contribution in [0.25, 0.3) is 0 Å². The van der Waals surface area contributed by atoms with E-state index in [1.807, 2.05) is 30.0 Å². The van der Waals surface area contributed by atoms with E-state index in [0.29, 0.717) is 24.6 Å². The van der Waals surface area contributed by atoms with Gasteiger partial charge in [-0.2, -0.15) is 0 Å². The van der Waals surface area contributed by atoms with E-state index in [1.54, 1.807) is 0 Å². The number of benzene rings is 1. The molecule has 4 rings (SSSR count). The molecule has 1 saturated heterocycles. The lowest BCUT2D eigenvalue weighted by Gasteiger charge is -2.46. The Labute approximate surface area is 130 Å². The first-order valence-corrected chi connectivity index (χ1v) is 8.07. The van der Waals surface area contributed by atoms with Crippen LogP contribution in [-0.4, -0.2) is 35.5 Å². The van der Waals surface area contributed by atoms with Crippen molar-refractivity contribution >= 4 is 17.5 Å². The van der Waals surface area contributed by atoms with Gasteiger partial charge in [-0.15, -0.1) is 0 Å². The first-order valence-electron chi connectivity index (χ1n) is 8.07. The van der Waals surface area contributed by atoms with Crippen molar-refractivity contribution in [1.29, 1.82) is 0 Å². The van der Waals surface area contributed by atoms with Gasteiger partial charge < -0.3 is 15.5 Å². The van der Waals surface area contributed by atoms with Gasteiger partial charge in [-0.05, 0) is 31.4 Å². The molecule has 1 aromatic carbocycles. The van der Waals surface area contributed by atoms with E-state index >= 15 is 0 Å². The minimum Gasteiger partial charge on any atom is -0.362 e. The minimum absolute atomic E-state index is 0.0144. The second kappa shape index (κ2) is 4.73. The molecule has 2 fully saturated rings. The third-order valence-corrected chi connectivity index (χ3v) is 5.09. The second-order valence-corrected chi connectivity index (χ2v) is 6.76. The van der Waals surface area contributed by atoms with Crippen LogP contribution >= 0.6 is 0 Å². The number of hydrogen-bond acceptors (Lipinski definition) is 3. The predicted molar refractivity (Wildman–Crippen MR) is 83.5 cm³/mol. The van der Waals surface area contributed by atoms with E-state index in [0.717, 1.165) is 36.9 Å². The predicted octanol–water partition coefficient (Wildman–Crippen LogP) is 1.88. The summed E-state index contributed by atoms with van der Waals surface area (Å²) < 4.78 is 0. The fourth-order valence-electron chi connectivity index (χ4n) is 3.53. The number of nitrogens with zero attached hydrogens (tertiary/aromatic N) is 1. The summed E-state index contributed by atoms with van der Waals surface area (Å²) in [5.74, 6) is 0.555. The molecule has 116 valence electrons. The highest BCUT2D eigenvalue weighted by Gasteiger charge is 2.43. The summed E-state index contributed by atoms with van der Waals surface area (Å²) in [6.07, 6.45) is 3.60. The maximum atomic E-state index is 12.4. The summed E-state index contributed by atoms with van der Waals surface area (Å²) in [5, 5.41) is 6.68. The van der Waals surface area contributed by atoms with E-state index in [9.17, 15) is 9.59 Å². The average Bonchev–Trinajstić information content (AvgIpc) is 3.33. The topological polar surface area (TPSA) is 61.4 Å². The Morgan fingerprint density at radius 1 is 1.23 bits per heavy atom. The highest BCUT2D eigenvalue weighted by Crippen LogP contribution is 2.36. The maximum Gasteiger partial charge on any atom is 0.255 e. The molecule has 2 heterocycles. The van der Waals surface area contributed by atoms with Crippen molar-refractivity contribution in [3.05, 3.63) is 29.3 Å². The number of amides is 2. The number of nitrogens with one attached hydrogen (secondary N) is 2. The lowest BCUT2D eigenvalue weighted by Crippen LogP contribution is -2.63. The smallest absolute Gasteiger partial charge is 0.255 e. The van der Waals surface area contributed by atoms with Gasteiger partial charge in [0.15, 0.2) is 0 Å². The summed E-state index contributed by atoms with van der Waals surface area (Å²) in [7, 11) is 0. The molecule has 3 aliphatic rings. The van der Waals surface area contributed by atoms with Crippen LogP contribution in [0.3, 0.4) is 0 Å². The van der Waals surface area contributed by atoms with Crippen LogP contribution < -0.4 is 10.6 Å². The molecule has 0 bridgehead atoms. The lowest BCUT2D eigenvalue weighted by atomic mass is 9.91. The maximum absolute atomic E-state index is 12.4. The van der Waals surface area contributed by atoms with Crippen molar-refractivity contribution in [2.45, 2.75) is 38.3 Å². The van der Waals surface area contributed by atoms with Gasteiger partial charge in [-0.1, -0.05) is 12.1 Å². The fraction of sp³-hybridized carbons (Fsp3) is 0.529. The van der Waals surface area contributed by atoms with Gasteiger partial charge in [-0.25, -0.2) is 0 Å². The third-order valence-electron chi connectivity index (χ3n) is 5.09. The van der Waals surface area contributed by atoms with Crippen molar-refractivity contribution in [1.82, 2.24) is 10.2 Å². The number of rotatable bonds is 1. The molecular formula is C17H21N3O2. The number of aryl methyl sites for hydroxylation is 1. The SMILES string of the molecule is Cc1cccc2c1NC1(CCN(C(=O)C3CC3)CC1)NC2=O. The Kier molecular flexibility index (Phi) is 2.93. The highest BCUT2D eigenvalue weighted by molar-refractivity contribution is 6.02. The van der Waals surface area contributed by atoms with Crippen molar-refractivity contribution in [2.24, 2.45) is 5.92 Å². The highest BCUT2D eigenvalue weighted by atomic mass is 16.2. The number of carbonyl (C=O) groups is 2. The van der Waals surface area contributed by atoms with Gasteiger partial charge in [0.2, 0.25) is 5.91 Å². The Hall–Kier alpha value is -2.04. The standard InChI is InChI=1S/C17H21N3O2/c1-11-3-2-4-13-14(11)18-17(19-15(13)21)7-9-20(10-8-17)16(22)12-5-6-12/h2-4,12,18H,5-10H2,1H3,(H,19,21). The molecule has 0 atom stereocenters. The first kappa shape index (κ1) is 13.6. The Bertz CT molecular complexity index is 643. The van der Waals surface area contributed by atoms with E-state index in [-0.39, 0.29) is 11.8 Å². The van der Waals surface area contributed by atoms with Crippen molar-refractivity contribution < 1.29 is 9.59 Å². The summed E-state index contributed by atoms with van der Waals surface area (Å²) in [4.78, 5) is 26.5. The summed E-state index contributed by atoms with van der Waals surface area (Å²) in [6, 6.07) is 5.78. The first-order chi connectivity index (χ1) is 10.6. The number of anilines is 1. The van der Waals surface area contributed by atoms with Crippen LogP contribution in [0.4, 0.5) is 5.69 Å². The normalized spacial score (nSPS) is 22.8. The van der Waals surface area contributed by atoms with Crippen LogP contribution in [0.5, 0.6) is 0 Å². The molecule has 2 N–H and O–H groups in total. The molecule has 1 aliphatic carbocycles. The zero-order chi connectivity index (χ0) is 15.3. The van der Waals surface area contributed by atoms with Gasteiger partial charge in [-0.3, -0.25) is 9.59 Å². The number of piperidine rings is 1. The number of para-hydroxylation sites is 1. The molecule has 2 aliphatic heterocycles. The Morgan fingerprint density at radius 3 is 2.64 bits per heavy atom. The fourth-order valence-corrected chi connectivity index (χ4v) is 3.53. The lowest BCUT2D eigenvalue weighted by molar-refractivity contribution is -0.134. The van der Waals surface area contributed by atoms with Crippen molar-refractivity contribution in [3.8, 4) is 0 Å². The molecule has 5 nitrogen and oxygen atoms in total. The third kappa shape index (κ3) is 2.16. The van der Waals surface area contributed by atoms with Crippen LogP contribution in [0.1, 0.15) is 41.6 Å². The molecule has 1 aromatic rings. The van der Waals surface area contributed by atoms with Gasteiger partial charge in [0.1, 0.15) is 5.66 Å². The van der Waals surface area contributed by atoms with Crippen molar-refractivity contribution in [2.75, 3.05) is 18.4 Å².